The number of methoxy groups -OCH3 is 1. The highest BCUT2D eigenvalue weighted by Gasteiger charge is 2.05. The van der Waals surface area contributed by atoms with Gasteiger partial charge in [0.25, 0.3) is 0 Å². The van der Waals surface area contributed by atoms with Gasteiger partial charge >= 0.3 is 0 Å². The van der Waals surface area contributed by atoms with Crippen molar-refractivity contribution < 1.29 is 4.74 Å². The van der Waals surface area contributed by atoms with Gasteiger partial charge in [-0.05, 0) is 32.4 Å². The van der Waals surface area contributed by atoms with Crippen molar-refractivity contribution in [3.05, 3.63) is 59.5 Å². The van der Waals surface area contributed by atoms with Crippen LogP contribution in [0.15, 0.2) is 42.5 Å². The van der Waals surface area contributed by atoms with Crippen molar-refractivity contribution >= 4 is 29.6 Å². The van der Waals surface area contributed by atoms with Gasteiger partial charge in [0.05, 0.1) is 0 Å². The lowest BCUT2D eigenvalue weighted by atomic mass is 10.2. The number of rotatable bonds is 7. The number of benzene rings is 1. The lowest BCUT2D eigenvalue weighted by Crippen LogP contribution is -2.04. The highest BCUT2D eigenvalue weighted by molar-refractivity contribution is 5.68. The largest absolute Gasteiger partial charge is 0.385 e. The van der Waals surface area contributed by atoms with Gasteiger partial charge in [-0.25, -0.2) is 9.97 Å². The van der Waals surface area contributed by atoms with E-state index in [0.29, 0.717) is 11.6 Å². The molecule has 7 heteroatoms. The topological polar surface area (TPSA) is 87.8 Å². The first-order valence-electron chi connectivity index (χ1n) is 9.28. The van der Waals surface area contributed by atoms with Gasteiger partial charge in [-0.2, -0.15) is 5.10 Å². The van der Waals surface area contributed by atoms with E-state index in [-0.39, 0.29) is 0 Å². The van der Waals surface area contributed by atoms with Crippen LogP contribution >= 0.6 is 0 Å². The Morgan fingerprint density at radius 1 is 1.00 bits per heavy atom. The highest BCUT2D eigenvalue weighted by Crippen LogP contribution is 2.17. The molecule has 3 aromatic rings. The quantitative estimate of drug-likeness (QED) is 0.559. The predicted molar refractivity (Wildman–Crippen MR) is 116 cm³/mol. The second-order valence-electron chi connectivity index (χ2n) is 5.91. The second kappa shape index (κ2) is 11.5. The monoisotopic (exact) mass is 380 g/mol. The summed E-state index contributed by atoms with van der Waals surface area (Å²) in [5, 5.41) is 13.5. The van der Waals surface area contributed by atoms with Crippen molar-refractivity contribution in [3.63, 3.8) is 0 Å². The van der Waals surface area contributed by atoms with E-state index in [2.05, 4.69) is 35.5 Å². The zero-order valence-electron chi connectivity index (χ0n) is 16.9. The summed E-state index contributed by atoms with van der Waals surface area (Å²) < 4.78 is 4.54. The normalized spacial score (nSPS) is 10.4. The van der Waals surface area contributed by atoms with Crippen molar-refractivity contribution in [1.29, 1.82) is 0 Å². The van der Waals surface area contributed by atoms with Crippen LogP contribution in [0.5, 0.6) is 0 Å². The standard InChI is InChI=1S/C18H20N6.C3H8O/c1-3-19-16-12-17(22-18-11-13(2)23-24-18)21-15(20-16)10-9-14-7-5-4-6-8-14;1-3-4-2/h4-12H,3H2,1-2H3,(H3,19,20,21,22,23,24);3H2,1-2H3/b10-9+;. The van der Waals surface area contributed by atoms with Gasteiger partial charge in [0.2, 0.25) is 0 Å². The third-order valence-corrected chi connectivity index (χ3v) is 3.58. The van der Waals surface area contributed by atoms with E-state index in [4.69, 9.17) is 0 Å². The Balaban J connectivity index is 0.000000640. The number of ether oxygens (including phenoxy) is 1. The molecule has 7 nitrogen and oxygen atoms in total. The molecule has 0 bridgehead atoms. The van der Waals surface area contributed by atoms with Gasteiger partial charge < -0.3 is 15.4 Å². The molecular weight excluding hydrogens is 352 g/mol. The maximum atomic E-state index is 4.54. The smallest absolute Gasteiger partial charge is 0.156 e. The second-order valence-corrected chi connectivity index (χ2v) is 5.91. The fourth-order valence-electron chi connectivity index (χ4n) is 2.22. The zero-order chi connectivity index (χ0) is 20.2. The van der Waals surface area contributed by atoms with Crippen LogP contribution in [-0.2, 0) is 4.74 Å². The lowest BCUT2D eigenvalue weighted by Gasteiger charge is -2.07. The number of hydrogen-bond acceptors (Lipinski definition) is 6. The molecular formula is C21H28N6O. The highest BCUT2D eigenvalue weighted by atomic mass is 16.5. The molecule has 2 aromatic heterocycles. The maximum Gasteiger partial charge on any atom is 0.156 e. The molecule has 0 spiro atoms. The van der Waals surface area contributed by atoms with E-state index < -0.39 is 0 Å². The lowest BCUT2D eigenvalue weighted by molar-refractivity contribution is 0.215. The van der Waals surface area contributed by atoms with Gasteiger partial charge in [-0.15, -0.1) is 0 Å². The van der Waals surface area contributed by atoms with Gasteiger partial charge in [0, 0.05) is 38.1 Å². The number of aromatic nitrogens is 4. The third-order valence-electron chi connectivity index (χ3n) is 3.58. The first-order chi connectivity index (χ1) is 13.6. The van der Waals surface area contributed by atoms with E-state index in [9.17, 15) is 0 Å². The van der Waals surface area contributed by atoms with Gasteiger partial charge in [0.15, 0.2) is 11.6 Å². The van der Waals surface area contributed by atoms with Gasteiger partial charge in [-0.3, -0.25) is 5.10 Å². The van der Waals surface area contributed by atoms with Crippen LogP contribution in [0.1, 0.15) is 30.9 Å². The Morgan fingerprint density at radius 2 is 1.71 bits per heavy atom. The summed E-state index contributed by atoms with van der Waals surface area (Å²) in [5.74, 6) is 2.83. The Morgan fingerprint density at radius 3 is 2.32 bits per heavy atom. The molecule has 0 aliphatic heterocycles. The van der Waals surface area contributed by atoms with Crippen LogP contribution in [0.3, 0.4) is 0 Å². The fraction of sp³-hybridized carbons (Fsp3) is 0.286. The summed E-state index contributed by atoms with van der Waals surface area (Å²) in [6.45, 7) is 7.56. The van der Waals surface area contributed by atoms with Crippen molar-refractivity contribution in [2.75, 3.05) is 30.9 Å². The van der Waals surface area contributed by atoms with E-state index in [1.165, 1.54) is 0 Å². The molecule has 28 heavy (non-hydrogen) atoms. The fourth-order valence-corrected chi connectivity index (χ4v) is 2.22. The van der Waals surface area contributed by atoms with Crippen LogP contribution < -0.4 is 10.6 Å². The molecule has 0 amide bonds. The number of nitrogens with zero attached hydrogens (tertiary/aromatic N) is 3. The first-order valence-corrected chi connectivity index (χ1v) is 9.28. The SMILES string of the molecule is CCNc1cc(Nc2cc(C)[nH]n2)nc(/C=C/c2ccccc2)n1.CCOC. The van der Waals surface area contributed by atoms with E-state index in [1.807, 2.05) is 75.4 Å². The summed E-state index contributed by atoms with van der Waals surface area (Å²) in [5.41, 5.74) is 2.09. The molecule has 0 saturated carbocycles. The summed E-state index contributed by atoms with van der Waals surface area (Å²) in [6, 6.07) is 13.9. The summed E-state index contributed by atoms with van der Waals surface area (Å²) in [7, 11) is 1.68. The summed E-state index contributed by atoms with van der Waals surface area (Å²) >= 11 is 0. The number of nitrogens with one attached hydrogen (secondary N) is 3. The molecule has 0 unspecified atom stereocenters. The minimum atomic E-state index is 0.632. The molecule has 3 rings (SSSR count). The average molecular weight is 380 g/mol. The molecule has 0 saturated heterocycles. The molecule has 1 aromatic carbocycles. The molecule has 2 heterocycles. The number of aromatic amines is 1. The van der Waals surface area contributed by atoms with E-state index in [0.717, 1.165) is 36.0 Å². The summed E-state index contributed by atoms with van der Waals surface area (Å²) in [4.78, 5) is 9.04. The third kappa shape index (κ3) is 7.20. The van der Waals surface area contributed by atoms with Crippen molar-refractivity contribution in [1.82, 2.24) is 20.2 Å². The number of H-pyrrole nitrogens is 1. The van der Waals surface area contributed by atoms with E-state index in [1.54, 1.807) is 7.11 Å². The Bertz CT molecular complexity index is 858. The molecule has 0 aliphatic carbocycles. The van der Waals surface area contributed by atoms with Crippen LogP contribution in [0, 0.1) is 6.92 Å². The molecule has 0 fully saturated rings. The number of anilines is 3. The van der Waals surface area contributed by atoms with Crippen molar-refractivity contribution in [3.8, 4) is 0 Å². The van der Waals surface area contributed by atoms with E-state index >= 15 is 0 Å². The van der Waals surface area contributed by atoms with Crippen molar-refractivity contribution in [2.24, 2.45) is 0 Å². The van der Waals surface area contributed by atoms with Crippen LogP contribution in [0.2, 0.25) is 0 Å². The minimum Gasteiger partial charge on any atom is -0.385 e. The van der Waals surface area contributed by atoms with Crippen LogP contribution in [-0.4, -0.2) is 40.4 Å². The van der Waals surface area contributed by atoms with Crippen LogP contribution in [0.25, 0.3) is 12.2 Å². The van der Waals surface area contributed by atoms with Gasteiger partial charge in [0.1, 0.15) is 11.6 Å². The van der Waals surface area contributed by atoms with Crippen LogP contribution in [0.4, 0.5) is 17.5 Å². The van der Waals surface area contributed by atoms with Gasteiger partial charge in [-0.1, -0.05) is 36.4 Å². The number of aryl methyl sites for hydroxylation is 1. The zero-order valence-corrected chi connectivity index (χ0v) is 16.9. The summed E-state index contributed by atoms with van der Waals surface area (Å²) in [6.07, 6.45) is 3.89. The molecule has 0 radical (unpaired) electrons. The Labute approximate surface area is 166 Å². The Kier molecular flexibility index (Phi) is 8.68. The van der Waals surface area contributed by atoms with Crippen molar-refractivity contribution in [2.45, 2.75) is 20.8 Å². The molecule has 0 aliphatic rings. The predicted octanol–water partition coefficient (Wildman–Crippen LogP) is 4.51. The molecule has 0 atom stereocenters. The minimum absolute atomic E-state index is 0.632. The molecule has 3 N–H and O–H groups in total. The number of hydrogen-bond donors (Lipinski definition) is 3. The first kappa shape index (κ1) is 21.1. The Hall–Kier alpha value is -3.19. The average Bonchev–Trinajstić information content (AvgIpc) is 3.12. The molecule has 148 valence electrons. The maximum absolute atomic E-state index is 4.54.